The molecule has 2 nitrogen and oxygen atoms in total. The molecule has 0 aliphatic carbocycles. The van der Waals surface area contributed by atoms with Crippen LogP contribution in [0.3, 0.4) is 0 Å². The fraction of sp³-hybridized carbons (Fsp3) is 0.625. The summed E-state index contributed by atoms with van der Waals surface area (Å²) in [5, 5.41) is 3.81. The van der Waals surface area contributed by atoms with Gasteiger partial charge in [-0.25, -0.2) is 0 Å². The average Bonchev–Trinajstić information content (AvgIpc) is 2.66. The summed E-state index contributed by atoms with van der Waals surface area (Å²) < 4.78 is 5.57. The molecule has 0 aromatic heterocycles. The van der Waals surface area contributed by atoms with E-state index in [9.17, 15) is 0 Å². The predicted octanol–water partition coefficient (Wildman–Crippen LogP) is 3.85. The molecular weight excluding hydrogens is 222 g/mol. The molecule has 1 N–H and O–H groups in total. The summed E-state index contributed by atoms with van der Waals surface area (Å²) in [4.78, 5) is 0. The Morgan fingerprint density at radius 3 is 2.83 bits per heavy atom. The fourth-order valence-electron chi connectivity index (χ4n) is 3.19. The number of benzene rings is 1. The summed E-state index contributed by atoms with van der Waals surface area (Å²) in [7, 11) is 1.77. The monoisotopic (exact) mass is 247 g/mol. The fourth-order valence-corrected chi connectivity index (χ4v) is 3.19. The summed E-state index contributed by atoms with van der Waals surface area (Å²) in [6, 6.07) is 8.49. The second-order valence-electron chi connectivity index (χ2n) is 5.27. The molecule has 0 saturated carbocycles. The molecular formula is C16H25NO. The maximum absolute atomic E-state index is 5.57. The number of hydrogen-bond acceptors (Lipinski definition) is 2. The highest BCUT2D eigenvalue weighted by atomic mass is 16.5. The van der Waals surface area contributed by atoms with Crippen LogP contribution >= 0.6 is 0 Å². The minimum atomic E-state index is 0.123. The van der Waals surface area contributed by atoms with Gasteiger partial charge in [0.25, 0.3) is 0 Å². The Kier molecular flexibility index (Phi) is 4.65. The normalized spacial score (nSPS) is 24.6. The molecule has 1 aliphatic heterocycles. The van der Waals surface area contributed by atoms with E-state index in [0.29, 0.717) is 0 Å². The highest BCUT2D eigenvalue weighted by Crippen LogP contribution is 2.38. The van der Waals surface area contributed by atoms with Gasteiger partial charge in [-0.15, -0.1) is 0 Å². The van der Waals surface area contributed by atoms with Crippen molar-refractivity contribution < 1.29 is 4.74 Å². The molecule has 1 aromatic rings. The van der Waals surface area contributed by atoms with Gasteiger partial charge in [-0.2, -0.15) is 0 Å². The van der Waals surface area contributed by atoms with Gasteiger partial charge in [0.1, 0.15) is 5.75 Å². The molecule has 2 heteroatoms. The molecule has 0 bridgehead atoms. The maximum Gasteiger partial charge on any atom is 0.123 e. The zero-order chi connectivity index (χ0) is 12.8. The minimum absolute atomic E-state index is 0.123. The molecule has 1 heterocycles. The van der Waals surface area contributed by atoms with Crippen molar-refractivity contribution in [3.8, 4) is 5.75 Å². The largest absolute Gasteiger partial charge is 0.496 e. The topological polar surface area (TPSA) is 21.3 Å². The van der Waals surface area contributed by atoms with Crippen molar-refractivity contribution in [3.05, 3.63) is 29.8 Å². The van der Waals surface area contributed by atoms with E-state index in [0.717, 1.165) is 12.3 Å². The quantitative estimate of drug-likeness (QED) is 0.872. The second kappa shape index (κ2) is 6.24. The number of para-hydroxylation sites is 1. The van der Waals surface area contributed by atoms with Crippen LogP contribution in [0.1, 0.15) is 51.0 Å². The summed E-state index contributed by atoms with van der Waals surface area (Å²) in [5.74, 6) is 1.03. The van der Waals surface area contributed by atoms with Gasteiger partial charge in [0, 0.05) is 11.1 Å². The van der Waals surface area contributed by atoms with Crippen LogP contribution in [-0.4, -0.2) is 13.7 Å². The van der Waals surface area contributed by atoms with Gasteiger partial charge in [0.2, 0.25) is 0 Å². The van der Waals surface area contributed by atoms with Gasteiger partial charge < -0.3 is 10.1 Å². The van der Waals surface area contributed by atoms with Gasteiger partial charge in [0.05, 0.1) is 7.11 Å². The standard InChI is InChI=1S/C16H25NO/c1-3-11-16(12-7-4-8-13-17-16)14-9-5-6-10-15(14)18-2/h5-6,9-10,17H,3-4,7-8,11-13H2,1-2H3. The van der Waals surface area contributed by atoms with E-state index in [1.54, 1.807) is 7.11 Å². The number of rotatable bonds is 4. The predicted molar refractivity (Wildman–Crippen MR) is 76.1 cm³/mol. The van der Waals surface area contributed by atoms with Crippen LogP contribution in [0.25, 0.3) is 0 Å². The molecule has 0 spiro atoms. The molecule has 1 aliphatic rings. The average molecular weight is 247 g/mol. The first-order chi connectivity index (χ1) is 8.82. The molecule has 100 valence electrons. The number of hydrogen-bond donors (Lipinski definition) is 1. The second-order valence-corrected chi connectivity index (χ2v) is 5.27. The van der Waals surface area contributed by atoms with Crippen molar-refractivity contribution in [2.75, 3.05) is 13.7 Å². The molecule has 1 atom stereocenters. The first kappa shape index (κ1) is 13.4. The van der Waals surface area contributed by atoms with Crippen LogP contribution in [0, 0.1) is 0 Å². The molecule has 0 amide bonds. The van der Waals surface area contributed by atoms with E-state index in [4.69, 9.17) is 4.74 Å². The van der Waals surface area contributed by atoms with Gasteiger partial charge >= 0.3 is 0 Å². The van der Waals surface area contributed by atoms with E-state index in [1.807, 2.05) is 0 Å². The Bertz CT molecular complexity index is 367. The van der Waals surface area contributed by atoms with Gasteiger partial charge in [-0.3, -0.25) is 0 Å². The van der Waals surface area contributed by atoms with E-state index in [2.05, 4.69) is 36.5 Å². The SMILES string of the molecule is CCCC1(c2ccccc2OC)CCCCCN1. The van der Waals surface area contributed by atoms with Crippen LogP contribution in [0.2, 0.25) is 0 Å². The Hall–Kier alpha value is -1.02. The molecule has 1 unspecified atom stereocenters. The van der Waals surface area contributed by atoms with E-state index in [1.165, 1.54) is 44.1 Å². The highest BCUT2D eigenvalue weighted by molar-refractivity contribution is 5.39. The summed E-state index contributed by atoms with van der Waals surface area (Å²) in [5.41, 5.74) is 1.47. The van der Waals surface area contributed by atoms with E-state index in [-0.39, 0.29) is 5.54 Å². The van der Waals surface area contributed by atoms with Crippen molar-refractivity contribution in [1.29, 1.82) is 0 Å². The van der Waals surface area contributed by atoms with Gasteiger partial charge in [-0.05, 0) is 31.9 Å². The zero-order valence-electron chi connectivity index (χ0n) is 11.7. The Morgan fingerprint density at radius 2 is 2.06 bits per heavy atom. The molecule has 1 aromatic carbocycles. The molecule has 1 saturated heterocycles. The van der Waals surface area contributed by atoms with Crippen molar-refractivity contribution in [2.45, 2.75) is 51.0 Å². The third kappa shape index (κ3) is 2.69. The summed E-state index contributed by atoms with van der Waals surface area (Å²) >= 11 is 0. The minimum Gasteiger partial charge on any atom is -0.496 e. The maximum atomic E-state index is 5.57. The lowest BCUT2D eigenvalue weighted by atomic mass is 9.81. The zero-order valence-corrected chi connectivity index (χ0v) is 11.7. The lowest BCUT2D eigenvalue weighted by Gasteiger charge is -2.35. The van der Waals surface area contributed by atoms with E-state index >= 15 is 0 Å². The van der Waals surface area contributed by atoms with Crippen LogP contribution < -0.4 is 10.1 Å². The molecule has 2 rings (SSSR count). The number of ether oxygens (including phenoxy) is 1. The van der Waals surface area contributed by atoms with Crippen LogP contribution in [0.4, 0.5) is 0 Å². The first-order valence-corrected chi connectivity index (χ1v) is 7.21. The van der Waals surface area contributed by atoms with E-state index < -0.39 is 0 Å². The molecule has 1 fully saturated rings. The molecule has 0 radical (unpaired) electrons. The Labute approximate surface area is 111 Å². The third-order valence-corrected chi connectivity index (χ3v) is 4.04. The Balaban J connectivity index is 2.38. The van der Waals surface area contributed by atoms with Crippen molar-refractivity contribution >= 4 is 0 Å². The smallest absolute Gasteiger partial charge is 0.123 e. The summed E-state index contributed by atoms with van der Waals surface area (Å²) in [6.45, 7) is 3.39. The van der Waals surface area contributed by atoms with Gasteiger partial charge in [0.15, 0.2) is 0 Å². The van der Waals surface area contributed by atoms with Crippen LogP contribution in [0.5, 0.6) is 5.75 Å². The summed E-state index contributed by atoms with van der Waals surface area (Å²) in [6.07, 6.45) is 7.55. The third-order valence-electron chi connectivity index (χ3n) is 4.04. The van der Waals surface area contributed by atoms with Crippen LogP contribution in [0.15, 0.2) is 24.3 Å². The van der Waals surface area contributed by atoms with Crippen molar-refractivity contribution in [2.24, 2.45) is 0 Å². The first-order valence-electron chi connectivity index (χ1n) is 7.21. The lowest BCUT2D eigenvalue weighted by molar-refractivity contribution is 0.283. The van der Waals surface area contributed by atoms with Crippen molar-refractivity contribution in [1.82, 2.24) is 5.32 Å². The molecule has 18 heavy (non-hydrogen) atoms. The van der Waals surface area contributed by atoms with Crippen LogP contribution in [-0.2, 0) is 5.54 Å². The highest BCUT2D eigenvalue weighted by Gasteiger charge is 2.33. The lowest BCUT2D eigenvalue weighted by Crippen LogP contribution is -2.42. The van der Waals surface area contributed by atoms with Gasteiger partial charge in [-0.1, -0.05) is 44.4 Å². The number of nitrogens with one attached hydrogen (secondary N) is 1. The van der Waals surface area contributed by atoms with Crippen molar-refractivity contribution in [3.63, 3.8) is 0 Å². The number of methoxy groups -OCH3 is 1. The Morgan fingerprint density at radius 1 is 1.22 bits per heavy atom.